The number of anilines is 1. The summed E-state index contributed by atoms with van der Waals surface area (Å²) in [6.45, 7) is 2.98. The van der Waals surface area contributed by atoms with Crippen molar-refractivity contribution in [2.24, 2.45) is 5.84 Å². The van der Waals surface area contributed by atoms with Crippen molar-refractivity contribution in [2.45, 2.75) is 13.3 Å². The number of nitrogens with one attached hydrogen (secondary N) is 1. The van der Waals surface area contributed by atoms with Gasteiger partial charge >= 0.3 is 0 Å². The van der Waals surface area contributed by atoms with Crippen LogP contribution in [-0.4, -0.2) is 30.3 Å². The molecule has 0 fully saturated rings. The lowest BCUT2D eigenvalue weighted by Crippen LogP contribution is -2.14. The van der Waals surface area contributed by atoms with Crippen LogP contribution < -0.4 is 16.0 Å². The van der Waals surface area contributed by atoms with E-state index < -0.39 is 0 Å². The maximum absolute atomic E-state index is 5.44. The van der Waals surface area contributed by atoms with E-state index in [-0.39, 0.29) is 0 Å². The molecule has 0 spiro atoms. The molecule has 1 heterocycles. The molecule has 84 valence electrons. The summed E-state index contributed by atoms with van der Waals surface area (Å²) in [7, 11) is 1.62. The SMILES string of the molecule is CCc1c(NN)ncnc1OCCOC. The Bertz CT molecular complexity index is 306. The predicted octanol–water partition coefficient (Wildman–Crippen LogP) is 0.350. The molecule has 0 unspecified atom stereocenters. The quantitative estimate of drug-likeness (QED) is 0.402. The molecule has 0 aromatic carbocycles. The van der Waals surface area contributed by atoms with Crippen molar-refractivity contribution in [3.63, 3.8) is 0 Å². The van der Waals surface area contributed by atoms with Crippen molar-refractivity contribution in [1.29, 1.82) is 0 Å². The Kier molecular flexibility index (Phi) is 4.79. The van der Waals surface area contributed by atoms with Crippen molar-refractivity contribution in [2.75, 3.05) is 25.7 Å². The first kappa shape index (κ1) is 11.7. The summed E-state index contributed by atoms with van der Waals surface area (Å²) < 4.78 is 10.3. The molecule has 0 saturated heterocycles. The number of nitrogens with zero attached hydrogens (tertiary/aromatic N) is 2. The zero-order valence-electron chi connectivity index (χ0n) is 8.99. The van der Waals surface area contributed by atoms with Crippen LogP contribution in [0.5, 0.6) is 5.88 Å². The lowest BCUT2D eigenvalue weighted by Gasteiger charge is -2.11. The van der Waals surface area contributed by atoms with Crippen LogP contribution in [0.15, 0.2) is 6.33 Å². The summed E-state index contributed by atoms with van der Waals surface area (Å²) in [6, 6.07) is 0. The van der Waals surface area contributed by atoms with E-state index in [1.807, 2.05) is 6.92 Å². The molecule has 0 aliphatic carbocycles. The lowest BCUT2D eigenvalue weighted by atomic mass is 10.2. The van der Waals surface area contributed by atoms with E-state index in [9.17, 15) is 0 Å². The van der Waals surface area contributed by atoms with E-state index in [1.54, 1.807) is 7.11 Å². The zero-order valence-corrected chi connectivity index (χ0v) is 8.99. The minimum Gasteiger partial charge on any atom is -0.475 e. The monoisotopic (exact) mass is 212 g/mol. The molecule has 1 rings (SSSR count). The van der Waals surface area contributed by atoms with Crippen LogP contribution in [0, 0.1) is 0 Å². The van der Waals surface area contributed by atoms with Crippen LogP contribution in [0.4, 0.5) is 5.82 Å². The number of aromatic nitrogens is 2. The number of nitrogen functional groups attached to an aromatic ring is 1. The molecule has 15 heavy (non-hydrogen) atoms. The molecule has 0 radical (unpaired) electrons. The van der Waals surface area contributed by atoms with E-state index in [4.69, 9.17) is 15.3 Å². The fourth-order valence-electron chi connectivity index (χ4n) is 1.19. The molecule has 1 aromatic rings. The number of hydrazine groups is 1. The summed E-state index contributed by atoms with van der Waals surface area (Å²) in [5, 5.41) is 0. The smallest absolute Gasteiger partial charge is 0.221 e. The Balaban J connectivity index is 2.76. The molecule has 1 aromatic heterocycles. The Labute approximate surface area is 88.8 Å². The van der Waals surface area contributed by atoms with Crippen LogP contribution in [-0.2, 0) is 11.2 Å². The molecule has 6 nitrogen and oxygen atoms in total. The molecule has 6 heteroatoms. The highest BCUT2D eigenvalue weighted by Gasteiger charge is 2.09. The van der Waals surface area contributed by atoms with Gasteiger partial charge in [-0.2, -0.15) is 0 Å². The van der Waals surface area contributed by atoms with Crippen LogP contribution in [0.2, 0.25) is 0 Å². The van der Waals surface area contributed by atoms with Gasteiger partial charge in [-0.05, 0) is 6.42 Å². The van der Waals surface area contributed by atoms with Gasteiger partial charge < -0.3 is 14.9 Å². The summed E-state index contributed by atoms with van der Waals surface area (Å²) in [6.07, 6.45) is 2.17. The van der Waals surface area contributed by atoms with Gasteiger partial charge in [-0.15, -0.1) is 0 Å². The van der Waals surface area contributed by atoms with Crippen LogP contribution in [0.1, 0.15) is 12.5 Å². The molecule has 0 saturated carbocycles. The van der Waals surface area contributed by atoms with Crippen molar-refractivity contribution < 1.29 is 9.47 Å². The third-order valence-electron chi connectivity index (χ3n) is 1.92. The fraction of sp³-hybridized carbons (Fsp3) is 0.556. The van der Waals surface area contributed by atoms with Gasteiger partial charge in [-0.25, -0.2) is 15.8 Å². The van der Waals surface area contributed by atoms with Gasteiger partial charge in [0.1, 0.15) is 18.8 Å². The highest BCUT2D eigenvalue weighted by molar-refractivity contribution is 5.47. The predicted molar refractivity (Wildman–Crippen MR) is 56.6 cm³/mol. The Hall–Kier alpha value is -1.40. The van der Waals surface area contributed by atoms with Gasteiger partial charge in [0.05, 0.1) is 12.2 Å². The Morgan fingerprint density at radius 2 is 2.20 bits per heavy atom. The number of nitrogens with two attached hydrogens (primary N) is 1. The largest absolute Gasteiger partial charge is 0.475 e. The average Bonchev–Trinajstić information content (AvgIpc) is 2.29. The van der Waals surface area contributed by atoms with E-state index in [0.717, 1.165) is 12.0 Å². The van der Waals surface area contributed by atoms with E-state index >= 15 is 0 Å². The first-order valence-corrected chi connectivity index (χ1v) is 4.75. The van der Waals surface area contributed by atoms with E-state index in [1.165, 1.54) is 6.33 Å². The third-order valence-corrected chi connectivity index (χ3v) is 1.92. The van der Waals surface area contributed by atoms with Crippen molar-refractivity contribution in [3.05, 3.63) is 11.9 Å². The number of hydrogen-bond donors (Lipinski definition) is 2. The summed E-state index contributed by atoms with van der Waals surface area (Å²) in [4.78, 5) is 8.04. The summed E-state index contributed by atoms with van der Waals surface area (Å²) in [5.41, 5.74) is 3.39. The van der Waals surface area contributed by atoms with Crippen LogP contribution in [0.3, 0.4) is 0 Å². The lowest BCUT2D eigenvalue weighted by molar-refractivity contribution is 0.143. The van der Waals surface area contributed by atoms with Crippen LogP contribution >= 0.6 is 0 Å². The molecule has 0 amide bonds. The first-order chi connectivity index (χ1) is 7.33. The molecule has 0 bridgehead atoms. The second-order valence-corrected chi connectivity index (χ2v) is 2.85. The second kappa shape index (κ2) is 6.15. The highest BCUT2D eigenvalue weighted by atomic mass is 16.5. The maximum atomic E-state index is 5.44. The first-order valence-electron chi connectivity index (χ1n) is 4.75. The second-order valence-electron chi connectivity index (χ2n) is 2.85. The minimum atomic E-state index is 0.463. The molecule has 0 atom stereocenters. The molecular formula is C9H16N4O2. The number of ether oxygens (including phenoxy) is 2. The number of rotatable bonds is 6. The highest BCUT2D eigenvalue weighted by Crippen LogP contribution is 2.21. The van der Waals surface area contributed by atoms with Crippen molar-refractivity contribution in [3.8, 4) is 5.88 Å². The Morgan fingerprint density at radius 1 is 1.40 bits per heavy atom. The molecule has 3 N–H and O–H groups in total. The van der Waals surface area contributed by atoms with Gasteiger partial charge in [-0.3, -0.25) is 0 Å². The average molecular weight is 212 g/mol. The van der Waals surface area contributed by atoms with Gasteiger partial charge in [0.25, 0.3) is 0 Å². The third kappa shape index (κ3) is 3.03. The maximum Gasteiger partial charge on any atom is 0.221 e. The van der Waals surface area contributed by atoms with E-state index in [2.05, 4.69) is 15.4 Å². The molecule has 0 aliphatic heterocycles. The van der Waals surface area contributed by atoms with Gasteiger partial charge in [0.15, 0.2) is 0 Å². The standard InChI is InChI=1S/C9H16N4O2/c1-3-7-8(13-10)11-6-12-9(7)15-5-4-14-2/h6H,3-5,10H2,1-2H3,(H,11,12,13). The number of hydrogen-bond acceptors (Lipinski definition) is 6. The van der Waals surface area contributed by atoms with Gasteiger partial charge in [0, 0.05) is 7.11 Å². The fourth-order valence-corrected chi connectivity index (χ4v) is 1.19. The zero-order chi connectivity index (χ0) is 11.1. The molecule has 0 aliphatic rings. The molecular weight excluding hydrogens is 196 g/mol. The topological polar surface area (TPSA) is 82.3 Å². The van der Waals surface area contributed by atoms with Crippen LogP contribution in [0.25, 0.3) is 0 Å². The van der Waals surface area contributed by atoms with E-state index in [0.29, 0.717) is 24.9 Å². The minimum absolute atomic E-state index is 0.463. The number of methoxy groups -OCH3 is 1. The summed E-state index contributed by atoms with van der Waals surface area (Å²) >= 11 is 0. The Morgan fingerprint density at radius 3 is 2.80 bits per heavy atom. The van der Waals surface area contributed by atoms with Gasteiger partial charge in [-0.1, -0.05) is 6.92 Å². The normalized spacial score (nSPS) is 10.1. The van der Waals surface area contributed by atoms with Crippen molar-refractivity contribution >= 4 is 5.82 Å². The van der Waals surface area contributed by atoms with Gasteiger partial charge in [0.2, 0.25) is 5.88 Å². The summed E-state index contributed by atoms with van der Waals surface area (Å²) in [5.74, 6) is 6.48. The van der Waals surface area contributed by atoms with Crippen molar-refractivity contribution in [1.82, 2.24) is 9.97 Å².